The van der Waals surface area contributed by atoms with Gasteiger partial charge in [0.15, 0.2) is 0 Å². The summed E-state index contributed by atoms with van der Waals surface area (Å²) in [5, 5.41) is 11.5. The number of benzene rings is 1. The first-order valence-electron chi connectivity index (χ1n) is 6.98. The van der Waals surface area contributed by atoms with Crippen LogP contribution >= 0.6 is 0 Å². The van der Waals surface area contributed by atoms with Gasteiger partial charge in [0.1, 0.15) is 12.4 Å². The van der Waals surface area contributed by atoms with E-state index < -0.39 is 0 Å². The summed E-state index contributed by atoms with van der Waals surface area (Å²) in [5.41, 5.74) is 1.09. The number of amides is 1. The average Bonchev–Trinajstić information content (AvgIpc) is 2.50. The largest absolute Gasteiger partial charge is 0.492 e. The fourth-order valence-electron chi connectivity index (χ4n) is 2.19. The van der Waals surface area contributed by atoms with E-state index in [2.05, 4.69) is 5.32 Å². The molecule has 0 bridgehead atoms. The van der Waals surface area contributed by atoms with Crippen molar-refractivity contribution in [2.45, 2.75) is 12.8 Å². The highest BCUT2D eigenvalue weighted by molar-refractivity contribution is 5.79. The Morgan fingerprint density at radius 2 is 2.25 bits per heavy atom. The second-order valence-electron chi connectivity index (χ2n) is 4.80. The van der Waals surface area contributed by atoms with Gasteiger partial charge in [-0.05, 0) is 24.5 Å². The number of carbonyl (C=O) groups excluding carboxylic acids is 1. The number of carbonyl (C=O) groups is 1. The number of aliphatic hydroxyl groups excluding tert-OH is 1. The highest BCUT2D eigenvalue weighted by Gasteiger charge is 2.25. The first-order valence-corrected chi connectivity index (χ1v) is 6.98. The number of para-hydroxylation sites is 1. The Balaban J connectivity index is 1.69. The molecule has 1 atom stereocenters. The third-order valence-electron chi connectivity index (χ3n) is 3.25. The van der Waals surface area contributed by atoms with E-state index >= 15 is 0 Å². The molecule has 1 aliphatic heterocycles. The van der Waals surface area contributed by atoms with Gasteiger partial charge >= 0.3 is 0 Å². The molecule has 0 fully saturated rings. The second-order valence-corrected chi connectivity index (χ2v) is 4.80. The van der Waals surface area contributed by atoms with Crippen molar-refractivity contribution >= 4 is 5.91 Å². The molecule has 0 saturated heterocycles. The molecule has 0 aliphatic carbocycles. The minimum atomic E-state index is -0.122. The minimum Gasteiger partial charge on any atom is -0.492 e. The maximum Gasteiger partial charge on any atom is 0.226 e. The fraction of sp³-hybridized carbons (Fsp3) is 0.533. The van der Waals surface area contributed by atoms with E-state index in [1.54, 1.807) is 0 Å². The second kappa shape index (κ2) is 7.87. The molecule has 1 aromatic rings. The van der Waals surface area contributed by atoms with E-state index in [0.29, 0.717) is 26.4 Å². The van der Waals surface area contributed by atoms with Crippen LogP contribution in [0.5, 0.6) is 5.75 Å². The first kappa shape index (κ1) is 14.8. The normalized spacial score (nSPS) is 17.1. The van der Waals surface area contributed by atoms with Crippen molar-refractivity contribution in [3.8, 4) is 5.75 Å². The lowest BCUT2D eigenvalue weighted by atomic mass is 9.96. The molecule has 5 heteroatoms. The quantitative estimate of drug-likeness (QED) is 0.723. The van der Waals surface area contributed by atoms with Gasteiger partial charge in [0, 0.05) is 13.2 Å². The molecular weight excluding hydrogens is 258 g/mol. The summed E-state index contributed by atoms with van der Waals surface area (Å²) in [7, 11) is 0. The topological polar surface area (TPSA) is 67.8 Å². The number of nitrogens with one attached hydrogen (secondary N) is 1. The van der Waals surface area contributed by atoms with Crippen molar-refractivity contribution in [1.29, 1.82) is 0 Å². The zero-order chi connectivity index (χ0) is 14.2. The third kappa shape index (κ3) is 4.21. The van der Waals surface area contributed by atoms with E-state index in [4.69, 9.17) is 14.6 Å². The van der Waals surface area contributed by atoms with Gasteiger partial charge in [-0.15, -0.1) is 0 Å². The predicted octanol–water partition coefficient (Wildman–Crippen LogP) is 0.753. The number of hydrogen-bond donors (Lipinski definition) is 2. The van der Waals surface area contributed by atoms with Crippen LogP contribution in [0.2, 0.25) is 0 Å². The summed E-state index contributed by atoms with van der Waals surface area (Å²) < 4.78 is 10.7. The van der Waals surface area contributed by atoms with Crippen LogP contribution in [0.3, 0.4) is 0 Å². The van der Waals surface area contributed by atoms with E-state index in [1.165, 1.54) is 0 Å². The van der Waals surface area contributed by atoms with Crippen LogP contribution in [0.1, 0.15) is 12.0 Å². The van der Waals surface area contributed by atoms with Gasteiger partial charge in [0.05, 0.1) is 19.1 Å². The average molecular weight is 279 g/mol. The Kier molecular flexibility index (Phi) is 5.83. The zero-order valence-electron chi connectivity index (χ0n) is 11.5. The van der Waals surface area contributed by atoms with Crippen molar-refractivity contribution in [1.82, 2.24) is 5.32 Å². The highest BCUT2D eigenvalue weighted by atomic mass is 16.5. The number of ether oxygens (including phenoxy) is 2. The molecular formula is C15H21NO4. The molecule has 1 heterocycles. The van der Waals surface area contributed by atoms with E-state index in [1.807, 2.05) is 24.3 Å². The van der Waals surface area contributed by atoms with Gasteiger partial charge in [-0.25, -0.2) is 0 Å². The summed E-state index contributed by atoms with van der Waals surface area (Å²) in [6, 6.07) is 7.83. The van der Waals surface area contributed by atoms with Crippen molar-refractivity contribution in [3.63, 3.8) is 0 Å². The van der Waals surface area contributed by atoms with Gasteiger partial charge in [-0.2, -0.15) is 0 Å². The van der Waals surface area contributed by atoms with Gasteiger partial charge in [-0.1, -0.05) is 18.2 Å². The molecule has 2 N–H and O–H groups in total. The fourth-order valence-corrected chi connectivity index (χ4v) is 2.19. The van der Waals surface area contributed by atoms with Gasteiger partial charge < -0.3 is 19.9 Å². The molecule has 110 valence electrons. The van der Waals surface area contributed by atoms with Crippen LogP contribution in [0.25, 0.3) is 0 Å². The van der Waals surface area contributed by atoms with Crippen LogP contribution < -0.4 is 10.1 Å². The van der Waals surface area contributed by atoms with Crippen molar-refractivity contribution < 1.29 is 19.4 Å². The van der Waals surface area contributed by atoms with Crippen molar-refractivity contribution in [3.05, 3.63) is 29.8 Å². The van der Waals surface area contributed by atoms with Gasteiger partial charge in [-0.3, -0.25) is 4.79 Å². The number of rotatable bonds is 7. The Hall–Kier alpha value is -1.59. The van der Waals surface area contributed by atoms with Crippen LogP contribution in [-0.2, 0) is 16.0 Å². The van der Waals surface area contributed by atoms with Gasteiger partial charge in [0.25, 0.3) is 0 Å². The summed E-state index contributed by atoms with van der Waals surface area (Å²) in [6.07, 6.45) is 1.47. The monoisotopic (exact) mass is 279 g/mol. The molecule has 1 aromatic carbocycles. The van der Waals surface area contributed by atoms with E-state index in [9.17, 15) is 4.79 Å². The van der Waals surface area contributed by atoms with Crippen molar-refractivity contribution in [2.75, 3.05) is 33.0 Å². The SMILES string of the molecule is O=C(NCCCOCCO)C1COc2ccccc2C1. The molecule has 0 saturated carbocycles. The minimum absolute atomic E-state index is 0.0293. The molecule has 0 aromatic heterocycles. The van der Waals surface area contributed by atoms with Crippen LogP contribution in [0, 0.1) is 5.92 Å². The maximum atomic E-state index is 12.0. The zero-order valence-corrected chi connectivity index (χ0v) is 11.5. The van der Waals surface area contributed by atoms with Gasteiger partial charge in [0.2, 0.25) is 5.91 Å². The molecule has 20 heavy (non-hydrogen) atoms. The van der Waals surface area contributed by atoms with Crippen LogP contribution in [-0.4, -0.2) is 44.0 Å². The molecule has 2 rings (SSSR count). The van der Waals surface area contributed by atoms with Crippen molar-refractivity contribution in [2.24, 2.45) is 5.92 Å². The Morgan fingerprint density at radius 1 is 1.40 bits per heavy atom. The predicted molar refractivity (Wildman–Crippen MR) is 74.7 cm³/mol. The molecule has 0 radical (unpaired) electrons. The smallest absolute Gasteiger partial charge is 0.226 e. The number of hydrogen-bond acceptors (Lipinski definition) is 4. The lowest BCUT2D eigenvalue weighted by Crippen LogP contribution is -2.38. The molecule has 1 aliphatic rings. The highest BCUT2D eigenvalue weighted by Crippen LogP contribution is 2.26. The Labute approximate surface area is 118 Å². The lowest BCUT2D eigenvalue weighted by molar-refractivity contribution is -0.126. The third-order valence-corrected chi connectivity index (χ3v) is 3.25. The lowest BCUT2D eigenvalue weighted by Gasteiger charge is -2.24. The van der Waals surface area contributed by atoms with Crippen LogP contribution in [0.4, 0.5) is 0 Å². The Bertz CT molecular complexity index is 436. The summed E-state index contributed by atoms with van der Waals surface area (Å²) in [4.78, 5) is 12.0. The maximum absolute atomic E-state index is 12.0. The molecule has 0 spiro atoms. The first-order chi connectivity index (χ1) is 9.81. The molecule has 5 nitrogen and oxygen atoms in total. The summed E-state index contributed by atoms with van der Waals surface area (Å²) in [5.74, 6) is 0.791. The molecule has 1 amide bonds. The number of fused-ring (bicyclic) bond motifs is 1. The summed E-state index contributed by atoms with van der Waals surface area (Å²) >= 11 is 0. The number of aliphatic hydroxyl groups is 1. The standard InChI is InChI=1S/C15H21NO4/c17-7-9-19-8-3-6-16-15(18)13-10-12-4-1-2-5-14(12)20-11-13/h1-2,4-5,13,17H,3,6-11H2,(H,16,18). The summed E-state index contributed by atoms with van der Waals surface area (Å²) in [6.45, 7) is 1.95. The molecule has 1 unspecified atom stereocenters. The van der Waals surface area contributed by atoms with Crippen LogP contribution in [0.15, 0.2) is 24.3 Å². The Morgan fingerprint density at radius 3 is 3.10 bits per heavy atom. The van der Waals surface area contributed by atoms with E-state index in [-0.39, 0.29) is 18.4 Å². The van der Waals surface area contributed by atoms with E-state index in [0.717, 1.165) is 24.2 Å².